The summed E-state index contributed by atoms with van der Waals surface area (Å²) in [4.78, 5) is 24.4. The molecule has 0 fully saturated rings. The number of pyridine rings is 1. The Morgan fingerprint density at radius 1 is 1.07 bits per heavy atom. The Balaban J connectivity index is 1.63. The van der Waals surface area contributed by atoms with Crippen molar-refractivity contribution in [3.05, 3.63) is 71.7 Å². The molecule has 9 nitrogen and oxygen atoms in total. The van der Waals surface area contributed by atoms with E-state index in [1.165, 1.54) is 6.92 Å². The van der Waals surface area contributed by atoms with Gasteiger partial charge in [-0.1, -0.05) is 23.4 Å². The van der Waals surface area contributed by atoms with E-state index >= 15 is 0 Å². The largest absolute Gasteiger partial charge is 0.368 e. The minimum Gasteiger partial charge on any atom is -0.368 e. The van der Waals surface area contributed by atoms with Crippen LogP contribution in [0, 0.1) is 11.3 Å². The molecule has 4 aromatic rings. The van der Waals surface area contributed by atoms with Crippen LogP contribution < -0.4 is 5.73 Å². The molecule has 0 bridgehead atoms. The van der Waals surface area contributed by atoms with Gasteiger partial charge < -0.3 is 5.73 Å². The highest BCUT2D eigenvalue weighted by Gasteiger charge is 2.12. The molecule has 0 saturated heterocycles. The molecule has 0 amide bonds. The number of hydrogen-bond donors (Lipinski definition) is 1. The van der Waals surface area contributed by atoms with E-state index < -0.39 is 0 Å². The van der Waals surface area contributed by atoms with Crippen molar-refractivity contribution in [3.63, 3.8) is 0 Å². The number of nitrogen functional groups attached to an aromatic ring is 1. The van der Waals surface area contributed by atoms with Crippen molar-refractivity contribution in [2.75, 3.05) is 5.73 Å². The smallest absolute Gasteiger partial charge is 0.221 e. The average Bonchev–Trinajstić information content (AvgIpc) is 3.22. The molecule has 0 aliphatic rings. The summed E-state index contributed by atoms with van der Waals surface area (Å²) < 4.78 is 1.61. The van der Waals surface area contributed by atoms with Gasteiger partial charge in [0.15, 0.2) is 5.78 Å². The van der Waals surface area contributed by atoms with Crippen LogP contribution in [0.25, 0.3) is 22.6 Å². The quantitative estimate of drug-likeness (QED) is 0.508. The molecule has 4 rings (SSSR count). The van der Waals surface area contributed by atoms with E-state index in [0.29, 0.717) is 40.6 Å². The van der Waals surface area contributed by atoms with Crippen molar-refractivity contribution in [3.8, 4) is 28.7 Å². The maximum atomic E-state index is 11.5. The number of nitriles is 1. The summed E-state index contributed by atoms with van der Waals surface area (Å²) >= 11 is 0. The van der Waals surface area contributed by atoms with Crippen LogP contribution in [0.15, 0.2) is 54.7 Å². The fourth-order valence-corrected chi connectivity index (χ4v) is 2.92. The lowest BCUT2D eigenvalue weighted by molar-refractivity contribution is 0.101. The van der Waals surface area contributed by atoms with Gasteiger partial charge in [-0.2, -0.15) is 5.26 Å². The van der Waals surface area contributed by atoms with E-state index in [9.17, 15) is 4.79 Å². The number of anilines is 1. The zero-order valence-corrected chi connectivity index (χ0v) is 16.0. The van der Waals surface area contributed by atoms with Gasteiger partial charge in [0.1, 0.15) is 11.4 Å². The Morgan fingerprint density at radius 3 is 2.67 bits per heavy atom. The Morgan fingerprint density at radius 2 is 1.87 bits per heavy atom. The predicted molar refractivity (Wildman–Crippen MR) is 109 cm³/mol. The third kappa shape index (κ3) is 4.02. The Bertz CT molecular complexity index is 1290. The van der Waals surface area contributed by atoms with Crippen LogP contribution in [0.3, 0.4) is 0 Å². The highest BCUT2D eigenvalue weighted by atomic mass is 16.1. The second-order valence-electron chi connectivity index (χ2n) is 6.56. The highest BCUT2D eigenvalue weighted by molar-refractivity contribution is 5.92. The maximum Gasteiger partial charge on any atom is 0.221 e. The second-order valence-corrected chi connectivity index (χ2v) is 6.56. The Labute approximate surface area is 171 Å². The lowest BCUT2D eigenvalue weighted by Crippen LogP contribution is -2.05. The summed E-state index contributed by atoms with van der Waals surface area (Å²) in [5, 5.41) is 17.4. The number of ketones is 1. The second kappa shape index (κ2) is 7.89. The third-order valence-corrected chi connectivity index (χ3v) is 4.32. The standard InChI is InChI=1S/C21H16N8O/c1-13(30)17-7-3-6-16(24-17)11-29-12-20(27-28-29)19-9-18(25-21(23)26-19)15-5-2-4-14(8-15)10-22/h2-9,12H,11H2,1H3,(H2,23,25,26). The van der Waals surface area contributed by atoms with Crippen molar-refractivity contribution >= 4 is 11.7 Å². The molecule has 30 heavy (non-hydrogen) atoms. The van der Waals surface area contributed by atoms with Crippen LogP contribution in [0.5, 0.6) is 0 Å². The number of benzene rings is 1. The number of carbonyl (C=O) groups excluding carboxylic acids is 1. The lowest BCUT2D eigenvalue weighted by atomic mass is 10.1. The topological polar surface area (TPSA) is 136 Å². The fourth-order valence-electron chi connectivity index (χ4n) is 2.92. The third-order valence-electron chi connectivity index (χ3n) is 4.32. The number of nitrogens with zero attached hydrogens (tertiary/aromatic N) is 7. The van der Waals surface area contributed by atoms with Crippen LogP contribution in [-0.4, -0.2) is 35.7 Å². The van der Waals surface area contributed by atoms with Crippen LogP contribution >= 0.6 is 0 Å². The van der Waals surface area contributed by atoms with Gasteiger partial charge >= 0.3 is 0 Å². The summed E-state index contributed by atoms with van der Waals surface area (Å²) in [5.74, 6) is -0.00387. The molecule has 0 aliphatic carbocycles. The first-order valence-electron chi connectivity index (χ1n) is 9.04. The van der Waals surface area contributed by atoms with Gasteiger partial charge in [0.05, 0.1) is 41.5 Å². The molecule has 3 heterocycles. The minimum atomic E-state index is -0.0967. The van der Waals surface area contributed by atoms with Crippen molar-refractivity contribution in [2.24, 2.45) is 0 Å². The van der Waals surface area contributed by atoms with E-state index in [1.54, 1.807) is 47.3 Å². The summed E-state index contributed by atoms with van der Waals surface area (Å²) in [6, 6.07) is 16.2. The number of nitrogens with two attached hydrogens (primary N) is 1. The van der Waals surface area contributed by atoms with Gasteiger partial charge in [-0.15, -0.1) is 5.10 Å². The summed E-state index contributed by atoms with van der Waals surface area (Å²) in [7, 11) is 0. The maximum absolute atomic E-state index is 11.5. The molecule has 146 valence electrons. The Kier molecular flexibility index (Phi) is 4.97. The SMILES string of the molecule is CC(=O)c1cccc(Cn2cc(-c3cc(-c4cccc(C#N)c4)nc(N)n3)nn2)n1. The molecule has 0 atom stereocenters. The van der Waals surface area contributed by atoms with Gasteiger partial charge in [0.25, 0.3) is 0 Å². The van der Waals surface area contributed by atoms with E-state index in [-0.39, 0.29) is 11.7 Å². The number of carbonyl (C=O) groups is 1. The van der Waals surface area contributed by atoms with E-state index in [1.807, 2.05) is 12.1 Å². The first-order chi connectivity index (χ1) is 14.5. The zero-order valence-electron chi connectivity index (χ0n) is 16.0. The van der Waals surface area contributed by atoms with Gasteiger partial charge in [-0.05, 0) is 30.3 Å². The van der Waals surface area contributed by atoms with E-state index in [2.05, 4.69) is 31.3 Å². The van der Waals surface area contributed by atoms with Crippen LogP contribution in [0.2, 0.25) is 0 Å². The van der Waals surface area contributed by atoms with Gasteiger partial charge in [0, 0.05) is 12.5 Å². The number of rotatable bonds is 5. The predicted octanol–water partition coefficient (Wildman–Crippen LogP) is 2.50. The average molecular weight is 396 g/mol. The molecule has 0 radical (unpaired) electrons. The number of Topliss-reactive ketones (excluding diaryl/α,β-unsaturated/α-hetero) is 1. The molecule has 0 aliphatic heterocycles. The first kappa shape index (κ1) is 18.9. The fraction of sp³-hybridized carbons (Fsp3) is 0.0952. The van der Waals surface area contributed by atoms with Gasteiger partial charge in [-0.25, -0.2) is 19.6 Å². The van der Waals surface area contributed by atoms with Gasteiger partial charge in [-0.3, -0.25) is 4.79 Å². The molecule has 9 heteroatoms. The number of hydrogen-bond acceptors (Lipinski definition) is 8. The monoisotopic (exact) mass is 396 g/mol. The van der Waals surface area contributed by atoms with Gasteiger partial charge in [0.2, 0.25) is 5.95 Å². The first-order valence-corrected chi connectivity index (χ1v) is 9.04. The Hall–Kier alpha value is -4.45. The van der Waals surface area contributed by atoms with E-state index in [4.69, 9.17) is 11.0 Å². The van der Waals surface area contributed by atoms with Crippen LogP contribution in [0.1, 0.15) is 28.7 Å². The molecule has 0 spiro atoms. The molecule has 2 N–H and O–H groups in total. The molecule has 1 aromatic carbocycles. The van der Waals surface area contributed by atoms with Crippen LogP contribution in [-0.2, 0) is 6.54 Å². The van der Waals surface area contributed by atoms with Crippen molar-refractivity contribution < 1.29 is 4.79 Å². The zero-order chi connectivity index (χ0) is 21.1. The summed E-state index contributed by atoms with van der Waals surface area (Å²) in [5.41, 5.74) is 9.88. The van der Waals surface area contributed by atoms with Crippen molar-refractivity contribution in [2.45, 2.75) is 13.5 Å². The van der Waals surface area contributed by atoms with Crippen LogP contribution in [0.4, 0.5) is 5.95 Å². The normalized spacial score (nSPS) is 10.5. The van der Waals surface area contributed by atoms with E-state index in [0.717, 1.165) is 5.56 Å². The molecular weight excluding hydrogens is 380 g/mol. The lowest BCUT2D eigenvalue weighted by Gasteiger charge is -2.05. The van der Waals surface area contributed by atoms with Crippen molar-refractivity contribution in [1.82, 2.24) is 29.9 Å². The highest BCUT2D eigenvalue weighted by Crippen LogP contribution is 2.24. The molecule has 0 unspecified atom stereocenters. The molecule has 3 aromatic heterocycles. The summed E-state index contributed by atoms with van der Waals surface area (Å²) in [6.45, 7) is 1.83. The van der Waals surface area contributed by atoms with Crippen molar-refractivity contribution in [1.29, 1.82) is 5.26 Å². The molecular formula is C21H16N8O. The minimum absolute atomic E-state index is 0.0928. The molecule has 0 saturated carbocycles. The number of aromatic nitrogens is 6. The summed E-state index contributed by atoms with van der Waals surface area (Å²) in [6.07, 6.45) is 1.72.